The van der Waals surface area contributed by atoms with Crippen molar-refractivity contribution in [3.05, 3.63) is 0 Å². The summed E-state index contributed by atoms with van der Waals surface area (Å²) in [5.74, 6) is 0.637. The van der Waals surface area contributed by atoms with Gasteiger partial charge in [0.25, 0.3) is 0 Å². The summed E-state index contributed by atoms with van der Waals surface area (Å²) in [7, 11) is 0. The molecule has 0 aliphatic carbocycles. The summed E-state index contributed by atoms with van der Waals surface area (Å²) in [4.78, 5) is 0. The van der Waals surface area contributed by atoms with Crippen LogP contribution in [0.4, 0.5) is 0 Å². The number of ether oxygens (including phenoxy) is 1. The summed E-state index contributed by atoms with van der Waals surface area (Å²) in [5, 5.41) is 13.5. The van der Waals surface area contributed by atoms with Crippen molar-refractivity contribution in [3.8, 4) is 0 Å². The van der Waals surface area contributed by atoms with Gasteiger partial charge < -0.3 is 15.2 Å². The number of β-amino-alcohol motifs (C(OH)–C–C–N with tert-alkyl or cyclic N) is 1. The van der Waals surface area contributed by atoms with E-state index in [1.165, 1.54) is 0 Å². The first-order chi connectivity index (χ1) is 8.89. The van der Waals surface area contributed by atoms with Gasteiger partial charge in [-0.3, -0.25) is 0 Å². The minimum Gasteiger partial charge on any atom is -0.389 e. The van der Waals surface area contributed by atoms with E-state index in [4.69, 9.17) is 4.74 Å². The normalized spacial score (nSPS) is 15.8. The van der Waals surface area contributed by atoms with Gasteiger partial charge in [0.1, 0.15) is 0 Å². The van der Waals surface area contributed by atoms with Crippen LogP contribution in [0.2, 0.25) is 0 Å². The van der Waals surface area contributed by atoms with Crippen molar-refractivity contribution < 1.29 is 9.84 Å². The Balaban J connectivity index is 3.94. The van der Waals surface area contributed by atoms with Gasteiger partial charge in [0, 0.05) is 12.1 Å². The molecular formula is C16H35NO2. The Hall–Kier alpha value is -0.120. The second-order valence-electron chi connectivity index (χ2n) is 6.15. The van der Waals surface area contributed by atoms with Crippen LogP contribution in [0.3, 0.4) is 0 Å². The van der Waals surface area contributed by atoms with Crippen molar-refractivity contribution in [1.29, 1.82) is 0 Å². The smallest absolute Gasteiger partial charge is 0.0898 e. The number of aliphatic hydroxyl groups is 1. The fraction of sp³-hybridized carbons (Fsp3) is 1.00. The molecular weight excluding hydrogens is 238 g/mol. The van der Waals surface area contributed by atoms with Crippen LogP contribution in [0.15, 0.2) is 0 Å². The van der Waals surface area contributed by atoms with E-state index in [-0.39, 0.29) is 11.6 Å². The Morgan fingerprint density at radius 1 is 1.05 bits per heavy atom. The van der Waals surface area contributed by atoms with Gasteiger partial charge in [0.2, 0.25) is 0 Å². The van der Waals surface area contributed by atoms with E-state index in [1.807, 2.05) is 0 Å². The molecule has 3 nitrogen and oxygen atoms in total. The van der Waals surface area contributed by atoms with Gasteiger partial charge in [-0.25, -0.2) is 0 Å². The Bertz CT molecular complexity index is 207. The molecule has 0 saturated heterocycles. The summed E-state index contributed by atoms with van der Waals surface area (Å²) in [6.07, 6.45) is 4.14. The van der Waals surface area contributed by atoms with Gasteiger partial charge in [0.15, 0.2) is 0 Å². The van der Waals surface area contributed by atoms with E-state index in [1.54, 1.807) is 0 Å². The highest BCUT2D eigenvalue weighted by Crippen LogP contribution is 2.19. The Morgan fingerprint density at radius 2 is 1.58 bits per heavy atom. The molecule has 0 rings (SSSR count). The fourth-order valence-electron chi connectivity index (χ4n) is 2.53. The van der Waals surface area contributed by atoms with Crippen molar-refractivity contribution in [2.75, 3.05) is 13.2 Å². The Kier molecular flexibility index (Phi) is 9.67. The highest BCUT2D eigenvalue weighted by molar-refractivity contribution is 4.84. The van der Waals surface area contributed by atoms with Gasteiger partial charge in [0.05, 0.1) is 18.8 Å². The van der Waals surface area contributed by atoms with Crippen LogP contribution in [-0.2, 0) is 4.74 Å². The second kappa shape index (κ2) is 9.73. The maximum atomic E-state index is 9.99. The summed E-state index contributed by atoms with van der Waals surface area (Å²) >= 11 is 0. The zero-order valence-corrected chi connectivity index (χ0v) is 13.8. The molecule has 0 amide bonds. The molecule has 0 saturated carbocycles. The fourth-order valence-corrected chi connectivity index (χ4v) is 2.53. The molecule has 2 unspecified atom stereocenters. The zero-order chi connectivity index (χ0) is 14.9. The first-order valence-electron chi connectivity index (χ1n) is 7.93. The summed E-state index contributed by atoms with van der Waals surface area (Å²) in [5.41, 5.74) is 0.171. The number of rotatable bonds is 11. The molecule has 0 spiro atoms. The molecule has 0 heterocycles. The SMILES string of the molecule is CCC(CC)(CC)NCC(O)COC(C)CC(C)C. The Morgan fingerprint density at radius 3 is 2.00 bits per heavy atom. The van der Waals surface area contributed by atoms with Gasteiger partial charge in [-0.15, -0.1) is 0 Å². The zero-order valence-electron chi connectivity index (χ0n) is 13.8. The van der Waals surface area contributed by atoms with Crippen LogP contribution in [0.25, 0.3) is 0 Å². The highest BCUT2D eigenvalue weighted by atomic mass is 16.5. The average Bonchev–Trinajstić information content (AvgIpc) is 2.38. The van der Waals surface area contributed by atoms with Crippen LogP contribution in [0.5, 0.6) is 0 Å². The standard InChI is InChI=1S/C16H35NO2/c1-7-16(8-2,9-3)17-11-15(18)12-19-14(6)10-13(4)5/h13-15,17-18H,7-12H2,1-6H3. The van der Waals surface area contributed by atoms with Gasteiger partial charge in [-0.1, -0.05) is 34.6 Å². The molecule has 0 aliphatic heterocycles. The first-order valence-corrected chi connectivity index (χ1v) is 7.93. The number of hydrogen-bond acceptors (Lipinski definition) is 3. The summed E-state index contributed by atoms with van der Waals surface area (Å²) < 4.78 is 5.69. The quantitative estimate of drug-likeness (QED) is 0.606. The van der Waals surface area contributed by atoms with Crippen LogP contribution in [0.1, 0.15) is 67.2 Å². The third-order valence-electron chi connectivity index (χ3n) is 4.12. The van der Waals surface area contributed by atoms with Crippen molar-refractivity contribution >= 4 is 0 Å². The minimum atomic E-state index is -0.418. The average molecular weight is 273 g/mol. The van der Waals surface area contributed by atoms with Crippen LogP contribution < -0.4 is 5.32 Å². The Labute approximate surface area is 120 Å². The summed E-state index contributed by atoms with van der Waals surface area (Å²) in [6, 6.07) is 0. The van der Waals surface area contributed by atoms with E-state index >= 15 is 0 Å². The second-order valence-corrected chi connectivity index (χ2v) is 6.15. The third-order valence-corrected chi connectivity index (χ3v) is 4.12. The molecule has 0 aromatic rings. The van der Waals surface area contributed by atoms with E-state index in [0.29, 0.717) is 19.1 Å². The number of nitrogens with one attached hydrogen (secondary N) is 1. The van der Waals surface area contributed by atoms with Crippen LogP contribution in [-0.4, -0.2) is 36.0 Å². The van der Waals surface area contributed by atoms with Gasteiger partial charge in [-0.05, 0) is 38.5 Å². The monoisotopic (exact) mass is 273 g/mol. The van der Waals surface area contributed by atoms with Gasteiger partial charge >= 0.3 is 0 Å². The lowest BCUT2D eigenvalue weighted by Gasteiger charge is -2.33. The van der Waals surface area contributed by atoms with E-state index in [2.05, 4.69) is 46.9 Å². The van der Waals surface area contributed by atoms with Crippen molar-refractivity contribution in [2.24, 2.45) is 5.92 Å². The molecule has 0 aromatic carbocycles. The van der Waals surface area contributed by atoms with E-state index in [0.717, 1.165) is 25.7 Å². The molecule has 2 N–H and O–H groups in total. The summed E-state index contributed by atoms with van der Waals surface area (Å²) in [6.45, 7) is 14.1. The third kappa shape index (κ3) is 7.91. The molecule has 0 fully saturated rings. The minimum absolute atomic E-state index is 0.171. The molecule has 2 atom stereocenters. The van der Waals surface area contributed by atoms with Crippen LogP contribution in [0, 0.1) is 5.92 Å². The largest absolute Gasteiger partial charge is 0.389 e. The number of aliphatic hydroxyl groups excluding tert-OH is 1. The maximum Gasteiger partial charge on any atom is 0.0898 e. The van der Waals surface area contributed by atoms with Crippen LogP contribution >= 0.6 is 0 Å². The molecule has 3 heteroatoms. The lowest BCUT2D eigenvalue weighted by atomic mass is 9.89. The molecule has 116 valence electrons. The molecule has 0 radical (unpaired) electrons. The van der Waals surface area contributed by atoms with Gasteiger partial charge in [-0.2, -0.15) is 0 Å². The number of hydrogen-bond donors (Lipinski definition) is 2. The lowest BCUT2D eigenvalue weighted by molar-refractivity contribution is -0.0113. The lowest BCUT2D eigenvalue weighted by Crippen LogP contribution is -2.47. The van der Waals surface area contributed by atoms with Crippen molar-refractivity contribution in [2.45, 2.75) is 85.0 Å². The molecule has 0 bridgehead atoms. The first kappa shape index (κ1) is 18.9. The van der Waals surface area contributed by atoms with Crippen molar-refractivity contribution in [1.82, 2.24) is 5.32 Å². The predicted molar refractivity (Wildman–Crippen MR) is 82.5 cm³/mol. The van der Waals surface area contributed by atoms with E-state index in [9.17, 15) is 5.11 Å². The predicted octanol–water partition coefficient (Wildman–Crippen LogP) is 3.36. The molecule has 0 aliphatic rings. The molecule has 0 aromatic heterocycles. The highest BCUT2D eigenvalue weighted by Gasteiger charge is 2.23. The maximum absolute atomic E-state index is 9.99. The van der Waals surface area contributed by atoms with E-state index < -0.39 is 6.10 Å². The van der Waals surface area contributed by atoms with Crippen molar-refractivity contribution in [3.63, 3.8) is 0 Å². The molecule has 19 heavy (non-hydrogen) atoms. The topological polar surface area (TPSA) is 41.5 Å².